The number of hydrogen-bond donors (Lipinski definition) is 1. The molecule has 1 aromatic heterocycles. The molecule has 6 heteroatoms. The van der Waals surface area contributed by atoms with Gasteiger partial charge in [0.1, 0.15) is 0 Å². The third-order valence-electron chi connectivity index (χ3n) is 2.99. The molecule has 0 aliphatic rings. The van der Waals surface area contributed by atoms with Crippen LogP contribution in [0.25, 0.3) is 0 Å². The third kappa shape index (κ3) is 3.14. The second kappa shape index (κ2) is 6.00. The fourth-order valence-electron chi connectivity index (χ4n) is 1.94. The summed E-state index contributed by atoms with van der Waals surface area (Å²) in [4.78, 5) is 11.1. The number of nitro groups is 1. The Labute approximate surface area is 120 Å². The summed E-state index contributed by atoms with van der Waals surface area (Å²) in [5, 5.41) is 15.7. The van der Waals surface area contributed by atoms with Crippen LogP contribution in [0.3, 0.4) is 0 Å². The molecule has 1 heterocycles. The average molecular weight is 294 g/mol. The van der Waals surface area contributed by atoms with E-state index in [1.54, 1.807) is 11.3 Å². The zero-order valence-corrected chi connectivity index (χ0v) is 12.0. The van der Waals surface area contributed by atoms with Gasteiger partial charge in [-0.2, -0.15) is 0 Å². The minimum Gasteiger partial charge on any atom is -0.375 e. The van der Waals surface area contributed by atoms with E-state index in [4.69, 9.17) is 0 Å². The molecule has 0 bridgehead atoms. The first kappa shape index (κ1) is 14.5. The highest BCUT2D eigenvalue weighted by Gasteiger charge is 2.19. The largest absolute Gasteiger partial charge is 0.375 e. The number of nitrogens with zero attached hydrogens (tertiary/aromatic N) is 1. The number of non-ortho nitro benzene ring substituents is 1. The summed E-state index contributed by atoms with van der Waals surface area (Å²) in [5.41, 5.74) is 0.0352. The van der Waals surface area contributed by atoms with Crippen LogP contribution < -0.4 is 5.32 Å². The number of rotatable bonds is 5. The van der Waals surface area contributed by atoms with Crippen LogP contribution in [0.2, 0.25) is 0 Å². The molecule has 1 unspecified atom stereocenters. The molecule has 0 aliphatic carbocycles. The zero-order valence-electron chi connectivity index (χ0n) is 11.2. The number of nitrogens with one attached hydrogen (secondary N) is 1. The van der Waals surface area contributed by atoms with Gasteiger partial charge in [0.2, 0.25) is 0 Å². The van der Waals surface area contributed by atoms with Crippen LogP contribution in [0, 0.1) is 21.8 Å². The predicted molar refractivity (Wildman–Crippen MR) is 78.6 cm³/mol. The number of anilines is 1. The van der Waals surface area contributed by atoms with Gasteiger partial charge < -0.3 is 5.32 Å². The van der Waals surface area contributed by atoms with E-state index in [1.165, 1.54) is 12.1 Å². The third-order valence-corrected chi connectivity index (χ3v) is 3.95. The van der Waals surface area contributed by atoms with Crippen LogP contribution in [-0.4, -0.2) is 4.92 Å². The Bertz CT molecular complexity index is 599. The lowest BCUT2D eigenvalue weighted by atomic mass is 10.0. The molecule has 0 spiro atoms. The normalized spacial score (nSPS) is 12.4. The number of nitro benzene ring substituents is 1. The molecule has 0 saturated carbocycles. The highest BCUT2D eigenvalue weighted by Crippen LogP contribution is 2.31. The van der Waals surface area contributed by atoms with E-state index in [-0.39, 0.29) is 23.3 Å². The molecule has 2 rings (SSSR count). The predicted octanol–water partition coefficient (Wildman–Crippen LogP) is 4.60. The topological polar surface area (TPSA) is 55.2 Å². The summed E-state index contributed by atoms with van der Waals surface area (Å²) >= 11 is 1.60. The maximum absolute atomic E-state index is 13.9. The van der Waals surface area contributed by atoms with Gasteiger partial charge in [-0.1, -0.05) is 19.9 Å². The summed E-state index contributed by atoms with van der Waals surface area (Å²) in [5.74, 6) is -0.343. The van der Waals surface area contributed by atoms with Crippen LogP contribution in [0.4, 0.5) is 15.8 Å². The Hall–Kier alpha value is -1.95. The van der Waals surface area contributed by atoms with E-state index in [9.17, 15) is 14.5 Å². The van der Waals surface area contributed by atoms with Crippen LogP contribution in [-0.2, 0) is 0 Å². The number of benzene rings is 1. The van der Waals surface area contributed by atoms with Gasteiger partial charge in [0.25, 0.3) is 5.69 Å². The second-order valence-electron chi connectivity index (χ2n) is 4.80. The molecule has 1 atom stereocenters. The molecular weight excluding hydrogens is 279 g/mol. The van der Waals surface area contributed by atoms with Gasteiger partial charge >= 0.3 is 0 Å². The number of thiophene rings is 1. The summed E-state index contributed by atoms with van der Waals surface area (Å²) in [6.07, 6.45) is 0. The van der Waals surface area contributed by atoms with Gasteiger partial charge in [-0.05, 0) is 23.4 Å². The maximum atomic E-state index is 13.9. The molecular formula is C14H15FN2O2S. The van der Waals surface area contributed by atoms with Gasteiger partial charge in [0.15, 0.2) is 5.82 Å². The fraction of sp³-hybridized carbons (Fsp3) is 0.286. The van der Waals surface area contributed by atoms with Crippen LogP contribution in [0.15, 0.2) is 35.7 Å². The number of hydrogen-bond acceptors (Lipinski definition) is 4. The highest BCUT2D eigenvalue weighted by atomic mass is 32.1. The monoisotopic (exact) mass is 294 g/mol. The van der Waals surface area contributed by atoms with Crippen LogP contribution in [0.5, 0.6) is 0 Å². The van der Waals surface area contributed by atoms with E-state index in [0.29, 0.717) is 0 Å². The average Bonchev–Trinajstić information content (AvgIpc) is 2.90. The van der Waals surface area contributed by atoms with Gasteiger partial charge in [-0.15, -0.1) is 11.3 Å². The Morgan fingerprint density at radius 1 is 1.35 bits per heavy atom. The van der Waals surface area contributed by atoms with Crippen molar-refractivity contribution in [3.05, 3.63) is 56.5 Å². The van der Waals surface area contributed by atoms with Gasteiger partial charge in [-0.3, -0.25) is 10.1 Å². The van der Waals surface area contributed by atoms with Gasteiger partial charge in [-0.25, -0.2) is 4.39 Å². The fourth-order valence-corrected chi connectivity index (χ4v) is 2.89. The SMILES string of the molecule is CC(C)C(Nc1ccc([N+](=O)[O-])cc1F)c1cccs1. The zero-order chi connectivity index (χ0) is 14.7. The van der Waals surface area contributed by atoms with E-state index >= 15 is 0 Å². The van der Waals surface area contributed by atoms with Crippen molar-refractivity contribution >= 4 is 22.7 Å². The Morgan fingerprint density at radius 3 is 2.60 bits per heavy atom. The van der Waals surface area contributed by atoms with Crippen molar-refractivity contribution in [2.24, 2.45) is 5.92 Å². The van der Waals surface area contributed by atoms with Gasteiger partial charge in [0.05, 0.1) is 22.7 Å². The molecule has 0 saturated heterocycles. The van der Waals surface area contributed by atoms with Crippen molar-refractivity contribution in [2.45, 2.75) is 19.9 Å². The standard InChI is InChI=1S/C14H15FN2O2S/c1-9(2)14(13-4-3-7-20-13)16-12-6-5-10(17(18)19)8-11(12)15/h3-9,14,16H,1-2H3. The molecule has 0 radical (unpaired) electrons. The first-order valence-corrected chi connectivity index (χ1v) is 7.11. The van der Waals surface area contributed by atoms with E-state index < -0.39 is 10.7 Å². The molecule has 0 aliphatic heterocycles. The summed E-state index contributed by atoms with van der Waals surface area (Å²) in [7, 11) is 0. The van der Waals surface area contributed by atoms with E-state index in [2.05, 4.69) is 5.32 Å². The Kier molecular flexibility index (Phi) is 4.34. The molecule has 20 heavy (non-hydrogen) atoms. The smallest absolute Gasteiger partial charge is 0.272 e. The van der Waals surface area contributed by atoms with Crippen LogP contribution >= 0.6 is 11.3 Å². The minimum absolute atomic E-state index is 0.0223. The molecule has 0 amide bonds. The molecule has 4 nitrogen and oxygen atoms in total. The summed E-state index contributed by atoms with van der Waals surface area (Å²) in [6.45, 7) is 4.08. The maximum Gasteiger partial charge on any atom is 0.272 e. The van der Waals surface area contributed by atoms with Crippen molar-refractivity contribution in [3.8, 4) is 0 Å². The van der Waals surface area contributed by atoms with E-state index in [1.807, 2.05) is 31.4 Å². The first-order chi connectivity index (χ1) is 9.49. The summed E-state index contributed by atoms with van der Waals surface area (Å²) < 4.78 is 13.9. The lowest BCUT2D eigenvalue weighted by molar-refractivity contribution is -0.385. The Balaban J connectivity index is 2.25. The van der Waals surface area contributed by atoms with Crippen molar-refractivity contribution < 1.29 is 9.31 Å². The molecule has 2 aromatic rings. The molecule has 106 valence electrons. The van der Waals surface area contributed by atoms with Crippen molar-refractivity contribution in [2.75, 3.05) is 5.32 Å². The quantitative estimate of drug-likeness (QED) is 0.647. The Morgan fingerprint density at radius 2 is 2.10 bits per heavy atom. The first-order valence-electron chi connectivity index (χ1n) is 6.23. The lowest BCUT2D eigenvalue weighted by Gasteiger charge is -2.22. The molecule has 1 N–H and O–H groups in total. The van der Waals surface area contributed by atoms with Gasteiger partial charge in [0, 0.05) is 10.9 Å². The highest BCUT2D eigenvalue weighted by molar-refractivity contribution is 7.10. The minimum atomic E-state index is -0.610. The van der Waals surface area contributed by atoms with Crippen molar-refractivity contribution in [3.63, 3.8) is 0 Å². The van der Waals surface area contributed by atoms with Crippen molar-refractivity contribution in [1.29, 1.82) is 0 Å². The lowest BCUT2D eigenvalue weighted by Crippen LogP contribution is -2.16. The molecule has 0 fully saturated rings. The number of halogens is 1. The van der Waals surface area contributed by atoms with E-state index in [0.717, 1.165) is 10.9 Å². The molecule has 1 aromatic carbocycles. The summed E-state index contributed by atoms with van der Waals surface area (Å²) in [6, 6.07) is 7.57. The second-order valence-corrected chi connectivity index (χ2v) is 5.78. The van der Waals surface area contributed by atoms with Crippen LogP contribution in [0.1, 0.15) is 24.8 Å². The van der Waals surface area contributed by atoms with Crippen molar-refractivity contribution in [1.82, 2.24) is 0 Å².